The van der Waals surface area contributed by atoms with Crippen LogP contribution in [-0.2, 0) is 0 Å². The Labute approximate surface area is 131 Å². The van der Waals surface area contributed by atoms with Gasteiger partial charge in [-0.1, -0.05) is 12.1 Å². The Morgan fingerprint density at radius 1 is 1.05 bits per heavy atom. The van der Waals surface area contributed by atoms with Crippen molar-refractivity contribution < 1.29 is 14.3 Å². The predicted molar refractivity (Wildman–Crippen MR) is 86.5 cm³/mol. The van der Waals surface area contributed by atoms with E-state index in [2.05, 4.69) is 5.32 Å². The lowest BCUT2D eigenvalue weighted by Gasteiger charge is -2.15. The molecule has 0 radical (unpaired) electrons. The van der Waals surface area contributed by atoms with Gasteiger partial charge in [0.1, 0.15) is 11.5 Å². The average Bonchev–Trinajstić information content (AvgIpc) is 2.55. The summed E-state index contributed by atoms with van der Waals surface area (Å²) in [6.45, 7) is 4.49. The third-order valence-corrected chi connectivity index (χ3v) is 3.39. The summed E-state index contributed by atoms with van der Waals surface area (Å²) in [5, 5.41) is 2.98. The Kier molecular flexibility index (Phi) is 5.42. The van der Waals surface area contributed by atoms with Crippen molar-refractivity contribution in [2.24, 2.45) is 0 Å². The maximum Gasteiger partial charge on any atom is 0.251 e. The van der Waals surface area contributed by atoms with Crippen molar-refractivity contribution in [3.05, 3.63) is 59.7 Å². The smallest absolute Gasteiger partial charge is 0.251 e. The van der Waals surface area contributed by atoms with Gasteiger partial charge in [0.05, 0.1) is 19.8 Å². The van der Waals surface area contributed by atoms with E-state index in [1.54, 1.807) is 31.4 Å². The fraction of sp³-hybridized carbons (Fsp3) is 0.278. The van der Waals surface area contributed by atoms with Crippen LogP contribution in [-0.4, -0.2) is 19.6 Å². The van der Waals surface area contributed by atoms with Crippen LogP contribution >= 0.6 is 0 Å². The molecule has 1 amide bonds. The molecule has 1 N–H and O–H groups in total. The molecule has 22 heavy (non-hydrogen) atoms. The summed E-state index contributed by atoms with van der Waals surface area (Å²) in [7, 11) is 1.63. The van der Waals surface area contributed by atoms with Gasteiger partial charge in [0.2, 0.25) is 0 Å². The quantitative estimate of drug-likeness (QED) is 0.887. The summed E-state index contributed by atoms with van der Waals surface area (Å²) >= 11 is 0. The number of hydrogen-bond acceptors (Lipinski definition) is 3. The molecule has 116 valence electrons. The highest BCUT2D eigenvalue weighted by molar-refractivity contribution is 5.94. The van der Waals surface area contributed by atoms with Crippen LogP contribution in [0.4, 0.5) is 0 Å². The van der Waals surface area contributed by atoms with E-state index in [0.29, 0.717) is 12.2 Å². The normalized spacial score (nSPS) is 11.6. The van der Waals surface area contributed by atoms with E-state index in [9.17, 15) is 4.79 Å². The molecule has 1 atom stereocenters. The zero-order valence-electron chi connectivity index (χ0n) is 13.1. The third kappa shape index (κ3) is 4.01. The van der Waals surface area contributed by atoms with Gasteiger partial charge in [0.15, 0.2) is 0 Å². The summed E-state index contributed by atoms with van der Waals surface area (Å²) in [6.07, 6.45) is 0. The van der Waals surface area contributed by atoms with Gasteiger partial charge in [0, 0.05) is 5.56 Å². The van der Waals surface area contributed by atoms with E-state index < -0.39 is 0 Å². The lowest BCUT2D eigenvalue weighted by atomic mass is 10.1. The number of methoxy groups -OCH3 is 1. The molecule has 0 saturated carbocycles. The zero-order valence-corrected chi connectivity index (χ0v) is 13.1. The molecule has 2 aromatic carbocycles. The van der Waals surface area contributed by atoms with Crippen molar-refractivity contribution >= 4 is 5.91 Å². The third-order valence-electron chi connectivity index (χ3n) is 3.39. The molecule has 4 nitrogen and oxygen atoms in total. The maximum absolute atomic E-state index is 12.2. The molecule has 0 aliphatic carbocycles. The standard InChI is InChI=1S/C18H21NO3/c1-4-22-17-11-7-15(8-12-17)18(20)19-13(2)14-5-9-16(21-3)10-6-14/h5-13H,4H2,1-3H3,(H,19,20). The van der Waals surface area contributed by atoms with Crippen LogP contribution in [0.5, 0.6) is 11.5 Å². The number of hydrogen-bond donors (Lipinski definition) is 1. The number of ether oxygens (including phenoxy) is 2. The van der Waals surface area contributed by atoms with Gasteiger partial charge in [-0.2, -0.15) is 0 Å². The summed E-state index contributed by atoms with van der Waals surface area (Å²) in [5.41, 5.74) is 1.64. The van der Waals surface area contributed by atoms with Crippen molar-refractivity contribution in [3.63, 3.8) is 0 Å². The fourth-order valence-electron chi connectivity index (χ4n) is 2.13. The molecule has 0 aliphatic heterocycles. The molecule has 2 rings (SSSR count). The van der Waals surface area contributed by atoms with Gasteiger partial charge in [-0.25, -0.2) is 0 Å². The van der Waals surface area contributed by atoms with Crippen LogP contribution in [0.25, 0.3) is 0 Å². The molecule has 0 spiro atoms. The van der Waals surface area contributed by atoms with E-state index in [-0.39, 0.29) is 11.9 Å². The molecule has 0 heterocycles. The second-order valence-electron chi connectivity index (χ2n) is 4.93. The van der Waals surface area contributed by atoms with Gasteiger partial charge in [-0.05, 0) is 55.8 Å². The van der Waals surface area contributed by atoms with Gasteiger partial charge in [-0.3, -0.25) is 4.79 Å². The molecular formula is C18H21NO3. The highest BCUT2D eigenvalue weighted by Gasteiger charge is 2.11. The summed E-state index contributed by atoms with van der Waals surface area (Å²) in [5.74, 6) is 1.46. The number of carbonyl (C=O) groups excluding carboxylic acids is 1. The number of benzene rings is 2. The first-order valence-electron chi connectivity index (χ1n) is 7.31. The van der Waals surface area contributed by atoms with Crippen LogP contribution < -0.4 is 14.8 Å². The first-order valence-corrected chi connectivity index (χ1v) is 7.31. The zero-order chi connectivity index (χ0) is 15.9. The highest BCUT2D eigenvalue weighted by atomic mass is 16.5. The lowest BCUT2D eigenvalue weighted by Crippen LogP contribution is -2.26. The monoisotopic (exact) mass is 299 g/mol. The van der Waals surface area contributed by atoms with Gasteiger partial charge < -0.3 is 14.8 Å². The van der Waals surface area contributed by atoms with Crippen LogP contribution in [0, 0.1) is 0 Å². The SMILES string of the molecule is CCOc1ccc(C(=O)NC(C)c2ccc(OC)cc2)cc1. The Balaban J connectivity index is 2.00. The Hall–Kier alpha value is -2.49. The molecule has 2 aromatic rings. The summed E-state index contributed by atoms with van der Waals surface area (Å²) in [4.78, 5) is 12.2. The Morgan fingerprint density at radius 2 is 1.64 bits per heavy atom. The van der Waals surface area contributed by atoms with Crippen molar-refractivity contribution in [1.82, 2.24) is 5.32 Å². The molecule has 0 fully saturated rings. The van der Waals surface area contributed by atoms with Crippen molar-refractivity contribution in [2.75, 3.05) is 13.7 Å². The Morgan fingerprint density at radius 3 is 2.18 bits per heavy atom. The van der Waals surface area contributed by atoms with Crippen LogP contribution in [0.15, 0.2) is 48.5 Å². The molecule has 1 unspecified atom stereocenters. The van der Waals surface area contributed by atoms with E-state index in [1.807, 2.05) is 38.1 Å². The second-order valence-corrected chi connectivity index (χ2v) is 4.93. The predicted octanol–water partition coefficient (Wildman–Crippen LogP) is 3.58. The van der Waals surface area contributed by atoms with E-state index in [1.165, 1.54) is 0 Å². The first kappa shape index (κ1) is 15.9. The minimum Gasteiger partial charge on any atom is -0.497 e. The summed E-state index contributed by atoms with van der Waals surface area (Å²) < 4.78 is 10.5. The van der Waals surface area contributed by atoms with Crippen molar-refractivity contribution in [3.8, 4) is 11.5 Å². The van der Waals surface area contributed by atoms with Crippen LogP contribution in [0.2, 0.25) is 0 Å². The van der Waals surface area contributed by atoms with Crippen LogP contribution in [0.3, 0.4) is 0 Å². The molecular weight excluding hydrogens is 278 g/mol. The second kappa shape index (κ2) is 7.50. The average molecular weight is 299 g/mol. The fourth-order valence-corrected chi connectivity index (χ4v) is 2.13. The minimum atomic E-state index is -0.105. The van der Waals surface area contributed by atoms with E-state index in [0.717, 1.165) is 17.1 Å². The summed E-state index contributed by atoms with van der Waals surface area (Å²) in [6, 6.07) is 14.7. The number of rotatable bonds is 6. The van der Waals surface area contributed by atoms with E-state index in [4.69, 9.17) is 9.47 Å². The number of carbonyl (C=O) groups is 1. The first-order chi connectivity index (χ1) is 10.6. The molecule has 0 bridgehead atoms. The number of nitrogens with one attached hydrogen (secondary N) is 1. The van der Waals surface area contributed by atoms with Crippen molar-refractivity contribution in [1.29, 1.82) is 0 Å². The Bertz CT molecular complexity index is 605. The van der Waals surface area contributed by atoms with E-state index >= 15 is 0 Å². The van der Waals surface area contributed by atoms with Crippen LogP contribution in [0.1, 0.15) is 35.8 Å². The number of amides is 1. The molecule has 4 heteroatoms. The molecule has 0 aromatic heterocycles. The van der Waals surface area contributed by atoms with Gasteiger partial charge >= 0.3 is 0 Å². The molecule has 0 saturated heterocycles. The lowest BCUT2D eigenvalue weighted by molar-refractivity contribution is 0.0940. The largest absolute Gasteiger partial charge is 0.497 e. The van der Waals surface area contributed by atoms with Gasteiger partial charge in [-0.15, -0.1) is 0 Å². The van der Waals surface area contributed by atoms with Crippen molar-refractivity contribution in [2.45, 2.75) is 19.9 Å². The van der Waals surface area contributed by atoms with Gasteiger partial charge in [0.25, 0.3) is 5.91 Å². The minimum absolute atomic E-state index is 0.0787. The molecule has 0 aliphatic rings. The highest BCUT2D eigenvalue weighted by Crippen LogP contribution is 2.18. The maximum atomic E-state index is 12.2. The topological polar surface area (TPSA) is 47.6 Å².